The van der Waals surface area contributed by atoms with Gasteiger partial charge in [-0.1, -0.05) is 0 Å². The summed E-state index contributed by atoms with van der Waals surface area (Å²) < 4.78 is 10.3. The molecule has 13 heavy (non-hydrogen) atoms. The highest BCUT2D eigenvalue weighted by Gasteiger charge is 2.95. The van der Waals surface area contributed by atoms with Crippen LogP contribution in [-0.4, -0.2) is 46.0 Å². The van der Waals surface area contributed by atoms with Crippen molar-refractivity contribution in [1.29, 1.82) is 0 Å². The van der Waals surface area contributed by atoms with Crippen molar-refractivity contribution < 1.29 is 19.7 Å². The van der Waals surface area contributed by atoms with Gasteiger partial charge >= 0.3 is 5.72 Å². The summed E-state index contributed by atoms with van der Waals surface area (Å²) in [6.45, 7) is 8.43. The van der Waals surface area contributed by atoms with Gasteiger partial charge in [0.25, 0.3) is 0 Å². The third-order valence-electron chi connectivity index (χ3n) is 3.24. The first kappa shape index (κ1) is 7.71. The maximum atomic E-state index is 10.0. The molecule has 0 bridgehead atoms. The molecule has 0 spiro atoms. The monoisotopic (exact) mass is 183 g/mol. The van der Waals surface area contributed by atoms with Gasteiger partial charge < -0.3 is 14.9 Å². The van der Waals surface area contributed by atoms with Gasteiger partial charge in [0.2, 0.25) is 6.10 Å². The van der Waals surface area contributed by atoms with Crippen LogP contribution in [0.5, 0.6) is 0 Å². The van der Waals surface area contributed by atoms with Gasteiger partial charge in [0, 0.05) is 0 Å². The molecule has 5 heteroatoms. The molecule has 0 radical (unpaired) electrons. The lowest BCUT2D eigenvalue weighted by Gasteiger charge is -2.24. The molecule has 5 nitrogen and oxygen atoms in total. The molecule has 0 aromatic rings. The first-order chi connectivity index (χ1) is 6.07. The zero-order valence-electron chi connectivity index (χ0n) is 6.97. The summed E-state index contributed by atoms with van der Waals surface area (Å²) in [5.41, 5.74) is -2.37. The van der Waals surface area contributed by atoms with E-state index in [0.717, 1.165) is 0 Å². The minimum atomic E-state index is -1.38. The van der Waals surface area contributed by atoms with Crippen LogP contribution in [0.4, 0.5) is 0 Å². The number of aliphatic hydroxyl groups excluding tert-OH is 1. The summed E-state index contributed by atoms with van der Waals surface area (Å²) in [6, 6.07) is 0. The maximum absolute atomic E-state index is 10.0. The minimum Gasteiger partial charge on any atom is -0.390 e. The molecule has 0 aromatic heterocycles. The fourth-order valence-electron chi connectivity index (χ4n) is 2.33. The lowest BCUT2D eigenvalue weighted by molar-refractivity contribution is -0.0980. The third-order valence-corrected chi connectivity index (χ3v) is 3.24. The van der Waals surface area contributed by atoms with Gasteiger partial charge in [-0.2, -0.15) is 0 Å². The standard InChI is InChI=1S/C8H9NO4/c1-3(10)7(11)4-5(12-4)8(9-2)6(7)13-8/h3-6,10-11H,1H3/t3-,4-,5+,6-,7-,8+/m1/s1. The van der Waals surface area contributed by atoms with Crippen LogP contribution < -0.4 is 0 Å². The maximum Gasteiger partial charge on any atom is 0.396 e. The normalized spacial score (nSPS) is 63.4. The quantitative estimate of drug-likeness (QED) is 0.399. The Morgan fingerprint density at radius 2 is 2.23 bits per heavy atom. The summed E-state index contributed by atoms with van der Waals surface area (Å²) >= 11 is 0. The molecule has 0 aromatic carbocycles. The number of aliphatic hydroxyl groups is 2. The predicted octanol–water partition coefficient (Wildman–Crippen LogP) is -1.11. The van der Waals surface area contributed by atoms with Gasteiger partial charge in [-0.25, -0.2) is 6.57 Å². The molecule has 2 N–H and O–H groups in total. The van der Waals surface area contributed by atoms with E-state index < -0.39 is 29.6 Å². The average Bonchev–Trinajstić information content (AvgIpc) is 2.95. The van der Waals surface area contributed by atoms with Crippen LogP contribution in [0.3, 0.4) is 0 Å². The van der Waals surface area contributed by atoms with E-state index in [4.69, 9.17) is 16.0 Å². The van der Waals surface area contributed by atoms with Gasteiger partial charge in [0.1, 0.15) is 6.10 Å². The second kappa shape index (κ2) is 1.74. The topological polar surface area (TPSA) is 69.9 Å². The van der Waals surface area contributed by atoms with Gasteiger partial charge in [-0.05, 0) is 6.92 Å². The fourth-order valence-corrected chi connectivity index (χ4v) is 2.33. The smallest absolute Gasteiger partial charge is 0.390 e. The van der Waals surface area contributed by atoms with Crippen LogP contribution in [-0.2, 0) is 9.47 Å². The highest BCUT2D eigenvalue weighted by Crippen LogP contribution is 2.66. The molecule has 3 fully saturated rings. The Hall–Kier alpha value is -0.670. The van der Waals surface area contributed by atoms with Crippen molar-refractivity contribution in [2.45, 2.75) is 42.7 Å². The van der Waals surface area contributed by atoms with Crippen LogP contribution in [0, 0.1) is 6.57 Å². The van der Waals surface area contributed by atoms with E-state index in [2.05, 4.69) is 4.85 Å². The first-order valence-corrected chi connectivity index (χ1v) is 4.19. The van der Waals surface area contributed by atoms with E-state index in [1.165, 1.54) is 6.92 Å². The predicted molar refractivity (Wildman–Crippen MR) is 39.5 cm³/mol. The first-order valence-electron chi connectivity index (χ1n) is 4.19. The van der Waals surface area contributed by atoms with Crippen molar-refractivity contribution >= 4 is 0 Å². The second-order valence-corrected chi connectivity index (χ2v) is 3.90. The molecule has 0 amide bonds. The number of nitrogens with zero attached hydrogens (tertiary/aromatic N) is 1. The Morgan fingerprint density at radius 1 is 1.54 bits per heavy atom. The Balaban J connectivity index is 2.01. The van der Waals surface area contributed by atoms with E-state index in [9.17, 15) is 10.2 Å². The Bertz CT molecular complexity index is 325. The van der Waals surface area contributed by atoms with E-state index in [1.54, 1.807) is 0 Å². The molecule has 3 rings (SSSR count). The average molecular weight is 183 g/mol. The van der Waals surface area contributed by atoms with Crippen LogP contribution in [0.25, 0.3) is 4.85 Å². The number of fused-ring (bicyclic) bond motifs is 3. The van der Waals surface area contributed by atoms with Crippen molar-refractivity contribution in [3.8, 4) is 0 Å². The molecular formula is C8H9NO4. The number of ether oxygens (including phenoxy) is 2. The van der Waals surface area contributed by atoms with Crippen molar-refractivity contribution in [1.82, 2.24) is 0 Å². The van der Waals surface area contributed by atoms with Crippen LogP contribution in [0.15, 0.2) is 0 Å². The third kappa shape index (κ3) is 0.577. The number of hydrogen-bond donors (Lipinski definition) is 2. The highest BCUT2D eigenvalue weighted by atomic mass is 16.7. The Kier molecular flexibility index (Phi) is 1.03. The summed E-state index contributed by atoms with van der Waals surface area (Å²) in [4.78, 5) is 3.33. The molecule has 3 aliphatic rings. The van der Waals surface area contributed by atoms with Crippen LogP contribution in [0.1, 0.15) is 6.92 Å². The summed E-state index contributed by atoms with van der Waals surface area (Å²) in [5.74, 6) is 0. The largest absolute Gasteiger partial charge is 0.396 e. The SMILES string of the molecule is [C-]#[N+][C@@]12O[C@@H]1[C@@](O)([C@@H](C)O)[C@@H]1O[C@@H]12. The molecule has 2 aliphatic heterocycles. The van der Waals surface area contributed by atoms with Crippen molar-refractivity contribution in [2.75, 3.05) is 0 Å². The Labute approximate surface area is 74.7 Å². The summed E-state index contributed by atoms with van der Waals surface area (Å²) in [7, 11) is 0. The van der Waals surface area contributed by atoms with Crippen LogP contribution >= 0.6 is 0 Å². The zero-order chi connectivity index (χ0) is 9.43. The highest BCUT2D eigenvalue weighted by molar-refractivity contribution is 5.38. The van der Waals surface area contributed by atoms with Gasteiger partial charge in [-0.15, -0.1) is 0 Å². The fraction of sp³-hybridized carbons (Fsp3) is 0.875. The molecule has 1 saturated carbocycles. The van der Waals surface area contributed by atoms with E-state index >= 15 is 0 Å². The number of rotatable bonds is 1. The lowest BCUT2D eigenvalue weighted by Crippen LogP contribution is -2.49. The Morgan fingerprint density at radius 3 is 2.62 bits per heavy atom. The number of hydrogen-bond acceptors (Lipinski definition) is 4. The van der Waals surface area contributed by atoms with Crippen LogP contribution in [0.2, 0.25) is 0 Å². The zero-order valence-corrected chi connectivity index (χ0v) is 6.97. The van der Waals surface area contributed by atoms with Crippen molar-refractivity contribution in [2.24, 2.45) is 0 Å². The summed E-state index contributed by atoms with van der Waals surface area (Å²) in [6.07, 6.45) is -2.25. The minimum absolute atomic E-state index is 0.338. The van der Waals surface area contributed by atoms with E-state index in [0.29, 0.717) is 0 Å². The molecule has 1 aliphatic carbocycles. The second-order valence-electron chi connectivity index (χ2n) is 3.90. The number of epoxide rings is 2. The van der Waals surface area contributed by atoms with Crippen molar-refractivity contribution in [3.05, 3.63) is 11.4 Å². The molecular weight excluding hydrogens is 174 g/mol. The van der Waals surface area contributed by atoms with E-state index in [-0.39, 0.29) is 6.10 Å². The van der Waals surface area contributed by atoms with Gasteiger partial charge in [0.15, 0.2) is 11.7 Å². The summed E-state index contributed by atoms with van der Waals surface area (Å²) in [5, 5.41) is 19.4. The molecule has 2 heterocycles. The lowest BCUT2D eigenvalue weighted by atomic mass is 9.94. The van der Waals surface area contributed by atoms with Gasteiger partial charge in [-0.3, -0.25) is 9.58 Å². The van der Waals surface area contributed by atoms with Crippen molar-refractivity contribution in [3.63, 3.8) is 0 Å². The molecule has 2 saturated heterocycles. The van der Waals surface area contributed by atoms with Gasteiger partial charge in [0.05, 0.1) is 6.10 Å². The molecule has 6 atom stereocenters. The van der Waals surface area contributed by atoms with E-state index in [1.807, 2.05) is 0 Å². The molecule has 0 unspecified atom stereocenters. The molecule has 70 valence electrons.